The topological polar surface area (TPSA) is 106 Å². The molecule has 1 saturated carbocycles. The number of alkyl halides is 3. The summed E-state index contributed by atoms with van der Waals surface area (Å²) < 4.78 is 76.5. The van der Waals surface area contributed by atoms with Crippen LogP contribution in [-0.4, -0.2) is 77.9 Å². The van der Waals surface area contributed by atoms with Gasteiger partial charge in [0.2, 0.25) is 15.9 Å². The number of halogens is 3. The third-order valence-electron chi connectivity index (χ3n) is 7.81. The van der Waals surface area contributed by atoms with Gasteiger partial charge in [-0.15, -0.1) is 0 Å². The number of piperazine rings is 1. The Labute approximate surface area is 258 Å². The molecular weight excluding hydrogens is 611 g/mol. The molecule has 1 amide bonds. The van der Waals surface area contributed by atoms with Crippen molar-refractivity contribution >= 4 is 32.5 Å². The number of rotatable bonds is 10. The second-order valence-electron chi connectivity index (χ2n) is 11.3. The maximum Gasteiger partial charge on any atom is 0.422 e. The predicted octanol–water partition coefficient (Wildman–Crippen LogP) is 5.17. The van der Waals surface area contributed by atoms with E-state index in [4.69, 9.17) is 9.47 Å². The van der Waals surface area contributed by atoms with E-state index in [0.717, 1.165) is 16.5 Å². The molecular formula is C31H32F3N5O5S. The lowest BCUT2D eigenvalue weighted by Crippen LogP contribution is -2.48. The van der Waals surface area contributed by atoms with Crippen molar-refractivity contribution in [1.82, 2.24) is 19.4 Å². The molecule has 2 aromatic carbocycles. The van der Waals surface area contributed by atoms with Crippen molar-refractivity contribution in [3.63, 3.8) is 0 Å². The first kappa shape index (κ1) is 30.7. The number of ether oxygens (including phenoxy) is 2. The average Bonchev–Trinajstić information content (AvgIpc) is 3.83. The van der Waals surface area contributed by atoms with Crippen molar-refractivity contribution in [2.45, 2.75) is 30.8 Å². The quantitative estimate of drug-likeness (QED) is 0.254. The number of aryl methyl sites for hydroxylation is 1. The van der Waals surface area contributed by atoms with Gasteiger partial charge in [0.15, 0.2) is 6.61 Å². The van der Waals surface area contributed by atoms with E-state index in [-0.39, 0.29) is 16.9 Å². The number of fused-ring (bicyclic) bond motifs is 1. The van der Waals surface area contributed by atoms with Gasteiger partial charge in [-0.05, 0) is 54.8 Å². The molecule has 1 N–H and O–H groups in total. The normalized spacial score (nSPS) is 16.1. The average molecular weight is 644 g/mol. The summed E-state index contributed by atoms with van der Waals surface area (Å²) in [7, 11) is -1.54. The number of sulfonamides is 1. The summed E-state index contributed by atoms with van der Waals surface area (Å²) in [5.74, 6) is 0.919. The Kier molecular flexibility index (Phi) is 8.35. The minimum absolute atomic E-state index is 0.0760. The highest BCUT2D eigenvalue weighted by atomic mass is 32.2. The van der Waals surface area contributed by atoms with E-state index in [1.807, 2.05) is 34.7 Å². The van der Waals surface area contributed by atoms with Crippen molar-refractivity contribution in [1.29, 1.82) is 0 Å². The van der Waals surface area contributed by atoms with Crippen LogP contribution >= 0.6 is 0 Å². The van der Waals surface area contributed by atoms with Crippen LogP contribution in [0.4, 0.5) is 18.9 Å². The zero-order valence-electron chi connectivity index (χ0n) is 24.5. The van der Waals surface area contributed by atoms with Crippen LogP contribution in [-0.2, 0) is 23.6 Å². The monoisotopic (exact) mass is 643 g/mol. The molecule has 0 bridgehead atoms. The molecule has 6 rings (SSSR count). The highest BCUT2D eigenvalue weighted by Crippen LogP contribution is 2.31. The smallest absolute Gasteiger partial charge is 0.422 e. The van der Waals surface area contributed by atoms with Gasteiger partial charge in [0.05, 0.1) is 22.7 Å². The molecule has 2 aliphatic rings. The molecule has 1 aliphatic carbocycles. The van der Waals surface area contributed by atoms with Crippen LogP contribution in [0.5, 0.6) is 17.4 Å². The standard InChI is InChI=1S/C31H32F3N5O5S/c1-37-27-17-25(44-29-11-5-23(18-35-29)36-45(41,42)26-9-10-26)8-4-22(27)16-28(37)30(40)39-14-12-38(13-15-39)19-21-2-6-24(7-3-21)43-20-31(32,33)34/h2-8,11,16-18,26,36H,9-10,12-15,19-20H2,1H3. The number of pyridine rings is 1. The van der Waals surface area contributed by atoms with Gasteiger partial charge in [0.1, 0.15) is 17.2 Å². The summed E-state index contributed by atoms with van der Waals surface area (Å²) in [6.45, 7) is 1.70. The highest BCUT2D eigenvalue weighted by Gasteiger charge is 2.35. The van der Waals surface area contributed by atoms with Crippen LogP contribution in [0.3, 0.4) is 0 Å². The number of nitrogens with zero attached hydrogens (tertiary/aromatic N) is 4. The van der Waals surface area contributed by atoms with Crippen molar-refractivity contribution in [2.24, 2.45) is 7.05 Å². The molecule has 10 nitrogen and oxygen atoms in total. The fraction of sp³-hybridized carbons (Fsp3) is 0.355. The second-order valence-corrected chi connectivity index (χ2v) is 13.2. The number of benzene rings is 2. The number of anilines is 1. The van der Waals surface area contributed by atoms with Crippen molar-refractivity contribution in [3.05, 3.63) is 78.1 Å². The van der Waals surface area contributed by atoms with Crippen LogP contribution in [0, 0.1) is 0 Å². The zero-order chi connectivity index (χ0) is 31.8. The van der Waals surface area contributed by atoms with Gasteiger partial charge < -0.3 is 18.9 Å². The fourth-order valence-corrected chi connectivity index (χ4v) is 6.58. The van der Waals surface area contributed by atoms with E-state index in [2.05, 4.69) is 14.6 Å². The van der Waals surface area contributed by atoms with E-state index < -0.39 is 22.8 Å². The maximum absolute atomic E-state index is 13.5. The van der Waals surface area contributed by atoms with E-state index in [9.17, 15) is 26.4 Å². The summed E-state index contributed by atoms with van der Waals surface area (Å²) >= 11 is 0. The first-order valence-electron chi connectivity index (χ1n) is 14.5. The predicted molar refractivity (Wildman–Crippen MR) is 162 cm³/mol. The lowest BCUT2D eigenvalue weighted by Gasteiger charge is -2.34. The number of hydrogen-bond donors (Lipinski definition) is 1. The van der Waals surface area contributed by atoms with Gasteiger partial charge in [0, 0.05) is 57.3 Å². The number of carbonyl (C=O) groups excluding carboxylic acids is 1. The van der Waals surface area contributed by atoms with Crippen LogP contribution in [0.15, 0.2) is 66.9 Å². The zero-order valence-corrected chi connectivity index (χ0v) is 25.3. The van der Waals surface area contributed by atoms with Crippen LogP contribution < -0.4 is 14.2 Å². The first-order chi connectivity index (χ1) is 21.4. The summed E-state index contributed by atoms with van der Waals surface area (Å²) in [6, 6.07) is 17.1. The summed E-state index contributed by atoms with van der Waals surface area (Å²) in [5, 5.41) is 0.551. The summed E-state index contributed by atoms with van der Waals surface area (Å²) in [5.41, 5.74) is 2.69. The van der Waals surface area contributed by atoms with Crippen molar-refractivity contribution in [3.8, 4) is 17.4 Å². The minimum Gasteiger partial charge on any atom is -0.484 e. The van der Waals surface area contributed by atoms with Gasteiger partial charge in [-0.2, -0.15) is 13.2 Å². The van der Waals surface area contributed by atoms with Crippen LogP contribution in [0.2, 0.25) is 0 Å². The Bertz CT molecular complexity index is 1780. The molecule has 2 aromatic heterocycles. The molecule has 14 heteroatoms. The molecule has 0 unspecified atom stereocenters. The number of amides is 1. The number of nitrogens with one attached hydrogen (secondary N) is 1. The van der Waals surface area contributed by atoms with Gasteiger partial charge >= 0.3 is 6.18 Å². The molecule has 45 heavy (non-hydrogen) atoms. The Morgan fingerprint density at radius 1 is 0.978 bits per heavy atom. The Morgan fingerprint density at radius 3 is 2.33 bits per heavy atom. The third kappa shape index (κ3) is 7.51. The number of aromatic nitrogens is 2. The molecule has 2 fully saturated rings. The highest BCUT2D eigenvalue weighted by molar-refractivity contribution is 7.93. The first-order valence-corrected chi connectivity index (χ1v) is 16.0. The molecule has 3 heterocycles. The SMILES string of the molecule is Cn1c(C(=O)N2CCN(Cc3ccc(OCC(F)(F)F)cc3)CC2)cc2ccc(Oc3ccc(NS(=O)(=O)C4CC4)cn3)cc21. The second kappa shape index (κ2) is 12.2. The van der Waals surface area contributed by atoms with E-state index >= 15 is 0 Å². The molecule has 1 aliphatic heterocycles. The van der Waals surface area contributed by atoms with Crippen LogP contribution in [0.1, 0.15) is 28.9 Å². The summed E-state index contributed by atoms with van der Waals surface area (Å²) in [4.78, 5) is 21.7. The molecule has 4 aromatic rings. The lowest BCUT2D eigenvalue weighted by atomic mass is 10.2. The lowest BCUT2D eigenvalue weighted by molar-refractivity contribution is -0.153. The van der Waals surface area contributed by atoms with Crippen molar-refractivity contribution < 1.29 is 35.9 Å². The van der Waals surface area contributed by atoms with Crippen molar-refractivity contribution in [2.75, 3.05) is 37.5 Å². The minimum atomic E-state index is -4.38. The third-order valence-corrected chi connectivity index (χ3v) is 9.68. The molecule has 238 valence electrons. The van der Waals surface area contributed by atoms with Gasteiger partial charge in [0.25, 0.3) is 5.91 Å². The Morgan fingerprint density at radius 2 is 1.69 bits per heavy atom. The van der Waals surface area contributed by atoms with Gasteiger partial charge in [-0.1, -0.05) is 12.1 Å². The van der Waals surface area contributed by atoms with E-state index in [1.54, 1.807) is 30.3 Å². The van der Waals surface area contributed by atoms with Crippen LogP contribution in [0.25, 0.3) is 10.9 Å². The Hall–Kier alpha value is -4.30. The molecule has 1 saturated heterocycles. The van der Waals surface area contributed by atoms with Gasteiger partial charge in [-0.3, -0.25) is 14.4 Å². The maximum atomic E-state index is 13.5. The molecule has 0 spiro atoms. The molecule has 0 atom stereocenters. The van der Waals surface area contributed by atoms with Gasteiger partial charge in [-0.25, -0.2) is 13.4 Å². The number of carbonyl (C=O) groups is 1. The van der Waals surface area contributed by atoms with E-state index in [0.29, 0.717) is 68.6 Å². The largest absolute Gasteiger partial charge is 0.484 e. The molecule has 0 radical (unpaired) electrons. The Balaban J connectivity index is 1.04. The fourth-order valence-electron chi connectivity index (χ4n) is 5.21. The summed E-state index contributed by atoms with van der Waals surface area (Å²) in [6.07, 6.45) is -1.62. The van der Waals surface area contributed by atoms with E-state index in [1.165, 1.54) is 18.3 Å². The number of hydrogen-bond acceptors (Lipinski definition) is 7.